The number of carbonyl (C=O) groups is 1. The van der Waals surface area contributed by atoms with Crippen LogP contribution in [0, 0.1) is 0 Å². The van der Waals surface area contributed by atoms with Crippen LogP contribution in [-0.2, 0) is 10.9 Å². The number of amides is 1. The van der Waals surface area contributed by atoms with Gasteiger partial charge in [-0.15, -0.1) is 0 Å². The highest BCUT2D eigenvalue weighted by atomic mass is 19.4. The Morgan fingerprint density at radius 1 is 1.33 bits per heavy atom. The molecule has 0 radical (unpaired) electrons. The second kappa shape index (κ2) is 6.86. The zero-order valence-electron chi connectivity index (χ0n) is 14.0. The van der Waals surface area contributed by atoms with Crippen LogP contribution in [-0.4, -0.2) is 35.8 Å². The molecule has 1 amide bonds. The van der Waals surface area contributed by atoms with Gasteiger partial charge in [-0.25, -0.2) is 4.79 Å². The predicted molar refractivity (Wildman–Crippen MR) is 83.8 cm³/mol. The van der Waals surface area contributed by atoms with Crippen molar-refractivity contribution < 1.29 is 22.7 Å². The number of halogens is 3. The minimum Gasteiger partial charge on any atom is -0.444 e. The SMILES string of the molecule is CC(C)(C)OC(=O)N[C@@H]1CCCN(c2cncc(C(F)(F)F)c2)C1. The molecule has 1 aliphatic heterocycles. The average Bonchev–Trinajstić information content (AvgIpc) is 2.44. The van der Waals surface area contributed by atoms with Gasteiger partial charge in [0.1, 0.15) is 5.60 Å². The molecular weight excluding hydrogens is 323 g/mol. The van der Waals surface area contributed by atoms with Gasteiger partial charge in [0.05, 0.1) is 17.4 Å². The largest absolute Gasteiger partial charge is 0.444 e. The molecule has 0 bridgehead atoms. The third kappa shape index (κ3) is 5.28. The Hall–Kier alpha value is -1.99. The molecule has 1 aliphatic rings. The Labute approximate surface area is 139 Å². The highest BCUT2D eigenvalue weighted by Gasteiger charge is 2.32. The summed E-state index contributed by atoms with van der Waals surface area (Å²) >= 11 is 0. The summed E-state index contributed by atoms with van der Waals surface area (Å²) in [6.07, 6.45) is -1.21. The van der Waals surface area contributed by atoms with Crippen LogP contribution >= 0.6 is 0 Å². The zero-order valence-corrected chi connectivity index (χ0v) is 14.0. The Kier molecular flexibility index (Phi) is 5.25. The first-order chi connectivity index (χ1) is 11.0. The smallest absolute Gasteiger partial charge is 0.417 e. The minimum absolute atomic E-state index is 0.178. The molecule has 134 valence electrons. The lowest BCUT2D eigenvalue weighted by Crippen LogP contribution is -2.49. The fourth-order valence-corrected chi connectivity index (χ4v) is 2.56. The van der Waals surface area contributed by atoms with E-state index < -0.39 is 23.4 Å². The van der Waals surface area contributed by atoms with Crippen LogP contribution in [0.2, 0.25) is 0 Å². The number of nitrogens with one attached hydrogen (secondary N) is 1. The lowest BCUT2D eigenvalue weighted by atomic mass is 10.1. The molecule has 2 rings (SSSR count). The Morgan fingerprint density at radius 3 is 2.67 bits per heavy atom. The topological polar surface area (TPSA) is 54.5 Å². The summed E-state index contributed by atoms with van der Waals surface area (Å²) in [4.78, 5) is 17.3. The molecule has 1 aromatic rings. The quantitative estimate of drug-likeness (QED) is 0.890. The minimum atomic E-state index is -4.42. The van der Waals surface area contributed by atoms with Crippen LogP contribution in [0.5, 0.6) is 0 Å². The van der Waals surface area contributed by atoms with E-state index in [4.69, 9.17) is 4.74 Å². The van der Waals surface area contributed by atoms with E-state index in [1.165, 1.54) is 6.20 Å². The average molecular weight is 345 g/mol. The molecule has 1 atom stereocenters. The predicted octanol–water partition coefficient (Wildman–Crippen LogP) is 3.59. The molecule has 24 heavy (non-hydrogen) atoms. The Balaban J connectivity index is 2.02. The summed E-state index contributed by atoms with van der Waals surface area (Å²) in [6, 6.07) is 0.909. The van der Waals surface area contributed by atoms with Crippen LogP contribution in [0.1, 0.15) is 39.2 Å². The zero-order chi connectivity index (χ0) is 18.0. The number of piperidine rings is 1. The first kappa shape index (κ1) is 18.4. The molecule has 1 N–H and O–H groups in total. The van der Waals surface area contributed by atoms with Gasteiger partial charge in [0.2, 0.25) is 0 Å². The van der Waals surface area contributed by atoms with E-state index in [1.54, 1.807) is 25.7 Å². The number of carbonyl (C=O) groups excluding carboxylic acids is 1. The molecule has 0 spiro atoms. The van der Waals surface area contributed by atoms with Gasteiger partial charge in [-0.1, -0.05) is 0 Å². The van der Waals surface area contributed by atoms with Gasteiger partial charge in [-0.3, -0.25) is 4.98 Å². The van der Waals surface area contributed by atoms with Crippen LogP contribution in [0.3, 0.4) is 0 Å². The number of hydrogen-bond acceptors (Lipinski definition) is 4. The van der Waals surface area contributed by atoms with Crippen LogP contribution in [0.25, 0.3) is 0 Å². The van der Waals surface area contributed by atoms with Crippen LogP contribution in [0.15, 0.2) is 18.5 Å². The molecular formula is C16H22F3N3O2. The van der Waals surface area contributed by atoms with Gasteiger partial charge in [-0.2, -0.15) is 13.2 Å². The maximum Gasteiger partial charge on any atom is 0.417 e. The van der Waals surface area contributed by atoms with E-state index in [0.717, 1.165) is 25.1 Å². The third-order valence-electron chi connectivity index (χ3n) is 3.56. The summed E-state index contributed by atoms with van der Waals surface area (Å²) in [5, 5.41) is 2.77. The summed E-state index contributed by atoms with van der Waals surface area (Å²) in [5.41, 5.74) is -0.966. The molecule has 0 saturated carbocycles. The first-order valence-corrected chi connectivity index (χ1v) is 7.81. The summed E-state index contributed by atoms with van der Waals surface area (Å²) < 4.78 is 43.6. The van der Waals surface area contributed by atoms with Crippen molar-refractivity contribution in [1.29, 1.82) is 0 Å². The van der Waals surface area contributed by atoms with Crippen molar-refractivity contribution in [1.82, 2.24) is 10.3 Å². The second-order valence-electron chi connectivity index (χ2n) is 6.86. The Bertz CT molecular complexity index is 585. The van der Waals surface area contributed by atoms with E-state index in [9.17, 15) is 18.0 Å². The lowest BCUT2D eigenvalue weighted by Gasteiger charge is -2.35. The van der Waals surface area contributed by atoms with Crippen LogP contribution < -0.4 is 10.2 Å². The number of alkyl carbamates (subject to hydrolysis) is 1. The van der Waals surface area contributed by atoms with Gasteiger partial charge in [0.25, 0.3) is 0 Å². The molecule has 1 saturated heterocycles. The number of rotatable bonds is 2. The number of pyridine rings is 1. The van der Waals surface area contributed by atoms with Crippen molar-refractivity contribution in [3.05, 3.63) is 24.0 Å². The van der Waals surface area contributed by atoms with Crippen molar-refractivity contribution in [2.24, 2.45) is 0 Å². The number of aromatic nitrogens is 1. The normalized spacial score (nSPS) is 19.1. The van der Waals surface area contributed by atoms with E-state index in [2.05, 4.69) is 10.3 Å². The lowest BCUT2D eigenvalue weighted by molar-refractivity contribution is -0.137. The van der Waals surface area contributed by atoms with Gasteiger partial charge >= 0.3 is 12.3 Å². The molecule has 0 aliphatic carbocycles. The molecule has 0 unspecified atom stereocenters. The fraction of sp³-hybridized carbons (Fsp3) is 0.625. The summed E-state index contributed by atoms with van der Waals surface area (Å²) in [7, 11) is 0. The van der Waals surface area contributed by atoms with Crippen molar-refractivity contribution in [2.45, 2.75) is 51.4 Å². The number of hydrogen-bond donors (Lipinski definition) is 1. The summed E-state index contributed by atoms with van der Waals surface area (Å²) in [5.74, 6) is 0. The second-order valence-corrected chi connectivity index (χ2v) is 6.86. The highest BCUT2D eigenvalue weighted by Crippen LogP contribution is 2.31. The van der Waals surface area contributed by atoms with Crippen molar-refractivity contribution in [3.63, 3.8) is 0 Å². The van der Waals surface area contributed by atoms with E-state index in [1.807, 2.05) is 0 Å². The van der Waals surface area contributed by atoms with Gasteiger partial charge in [0, 0.05) is 25.3 Å². The standard InChI is InChI=1S/C16H22F3N3O2/c1-15(2,3)24-14(23)21-12-5-4-6-22(10-12)13-7-11(8-20-9-13)16(17,18)19/h7-9,12H,4-6,10H2,1-3H3,(H,21,23)/t12-/m1/s1. The van der Waals surface area contributed by atoms with E-state index in [0.29, 0.717) is 18.8 Å². The van der Waals surface area contributed by atoms with Crippen LogP contribution in [0.4, 0.5) is 23.7 Å². The summed E-state index contributed by atoms with van der Waals surface area (Å²) in [6.45, 7) is 6.36. The monoisotopic (exact) mass is 345 g/mol. The van der Waals surface area contributed by atoms with Gasteiger partial charge in [-0.05, 0) is 39.7 Å². The molecule has 1 fully saturated rings. The van der Waals surface area contributed by atoms with E-state index in [-0.39, 0.29) is 6.04 Å². The molecule has 5 nitrogen and oxygen atoms in total. The maximum absolute atomic E-state index is 12.8. The van der Waals surface area contributed by atoms with Gasteiger partial charge in [0.15, 0.2) is 0 Å². The van der Waals surface area contributed by atoms with E-state index >= 15 is 0 Å². The van der Waals surface area contributed by atoms with Crippen molar-refractivity contribution in [3.8, 4) is 0 Å². The molecule has 2 heterocycles. The fourth-order valence-electron chi connectivity index (χ4n) is 2.56. The van der Waals surface area contributed by atoms with Gasteiger partial charge < -0.3 is 15.0 Å². The number of ether oxygens (including phenoxy) is 1. The number of anilines is 1. The Morgan fingerprint density at radius 2 is 2.04 bits per heavy atom. The van der Waals surface area contributed by atoms with Crippen molar-refractivity contribution >= 4 is 11.8 Å². The third-order valence-corrected chi connectivity index (χ3v) is 3.56. The highest BCUT2D eigenvalue weighted by molar-refractivity contribution is 5.68. The number of alkyl halides is 3. The molecule has 8 heteroatoms. The molecule has 0 aromatic carbocycles. The molecule has 1 aromatic heterocycles. The first-order valence-electron chi connectivity index (χ1n) is 7.81. The number of nitrogens with zero attached hydrogens (tertiary/aromatic N) is 2. The maximum atomic E-state index is 12.8. The van der Waals surface area contributed by atoms with Crippen molar-refractivity contribution in [2.75, 3.05) is 18.0 Å².